The molecule has 0 aromatic heterocycles. The molecule has 0 heterocycles. The molecule has 0 aromatic carbocycles. The molecule has 2 unspecified atom stereocenters. The molecule has 0 aliphatic carbocycles. The van der Waals surface area contributed by atoms with E-state index in [4.69, 9.17) is 14.2 Å². The van der Waals surface area contributed by atoms with Crippen LogP contribution in [-0.2, 0) is 28.6 Å². The lowest BCUT2D eigenvalue weighted by Gasteiger charge is -2.31. The molecule has 0 aliphatic rings. The number of unbranched alkanes of at least 4 members (excludes halogenated alkanes) is 19. The van der Waals surface area contributed by atoms with Gasteiger partial charge in [0.2, 0.25) is 0 Å². The Labute approximate surface area is 424 Å². The Morgan fingerprint density at radius 1 is 0.449 bits per heavy atom. The molecule has 0 spiro atoms. The minimum absolute atomic E-state index is 0.0361. The maximum absolute atomic E-state index is 12.8. The summed E-state index contributed by atoms with van der Waals surface area (Å²) in [6.07, 6.45) is 69.0. The standard InChI is InChI=1S/C61H103NO7/c1-6-8-10-12-14-16-18-20-22-24-26-28-30-32-33-35-37-39-41-43-45-47-49-51-59(63)68-56-57(55-67-54-53-58(61(65)66)62(3,4)5)69-60(64)52-50-48-46-44-42-40-38-36-34-31-29-27-25-23-21-19-17-15-13-11-9-7-2/h8,10,14,16,20,22,26,28,31-34,37,39,43,45,57-58H,6-7,9,11-13,15,17-19,21,23-25,27,29-30,35-36,38,40-42,44,46-56H2,1-5H3/p+1/b10-8+,16-14+,22-20+,28-26+,33-32+,34-31+,39-37+,45-43+. The Hall–Kier alpha value is -3.75. The van der Waals surface area contributed by atoms with Crippen LogP contribution in [-0.4, -0.2) is 80.6 Å². The van der Waals surface area contributed by atoms with Gasteiger partial charge in [-0.15, -0.1) is 0 Å². The highest BCUT2D eigenvalue weighted by Crippen LogP contribution is 2.15. The fraction of sp³-hybridized carbons (Fsp3) is 0.689. The third kappa shape index (κ3) is 49.0. The van der Waals surface area contributed by atoms with Crippen molar-refractivity contribution < 1.29 is 38.2 Å². The third-order valence-electron chi connectivity index (χ3n) is 12.0. The molecule has 0 saturated heterocycles. The molecule has 0 aliphatic heterocycles. The second kappa shape index (κ2) is 50.6. The normalized spacial score (nSPS) is 13.6. The van der Waals surface area contributed by atoms with Gasteiger partial charge in [0, 0.05) is 19.3 Å². The zero-order chi connectivity index (χ0) is 50.6. The number of quaternary nitrogens is 1. The van der Waals surface area contributed by atoms with Gasteiger partial charge in [-0.1, -0.05) is 207 Å². The second-order valence-corrected chi connectivity index (χ2v) is 19.5. The van der Waals surface area contributed by atoms with Crippen molar-refractivity contribution in [3.63, 3.8) is 0 Å². The number of esters is 2. The van der Waals surface area contributed by atoms with Crippen LogP contribution in [0, 0.1) is 0 Å². The molecular formula is C61H104NO7+. The molecule has 1 N–H and O–H groups in total. The van der Waals surface area contributed by atoms with Crippen molar-refractivity contribution in [3.05, 3.63) is 97.2 Å². The smallest absolute Gasteiger partial charge is 0.362 e. The van der Waals surface area contributed by atoms with Crippen LogP contribution < -0.4 is 0 Å². The van der Waals surface area contributed by atoms with E-state index in [0.717, 1.165) is 70.6 Å². The third-order valence-corrected chi connectivity index (χ3v) is 12.0. The Morgan fingerprint density at radius 2 is 0.826 bits per heavy atom. The number of ether oxygens (including phenoxy) is 3. The average Bonchev–Trinajstić information content (AvgIpc) is 3.31. The number of carboxylic acids is 1. The summed E-state index contributed by atoms with van der Waals surface area (Å²) in [6, 6.07) is -0.630. The quantitative estimate of drug-likeness (QED) is 0.0281. The molecule has 0 aromatic rings. The molecule has 0 rings (SSSR count). The summed E-state index contributed by atoms with van der Waals surface area (Å²) >= 11 is 0. The second-order valence-electron chi connectivity index (χ2n) is 19.5. The molecule has 0 amide bonds. The van der Waals surface area contributed by atoms with Crippen LogP contribution in [0.4, 0.5) is 0 Å². The van der Waals surface area contributed by atoms with Crippen molar-refractivity contribution in [2.45, 2.75) is 231 Å². The molecule has 0 bridgehead atoms. The summed E-state index contributed by atoms with van der Waals surface area (Å²) in [5.41, 5.74) is 0. The van der Waals surface area contributed by atoms with E-state index < -0.39 is 18.1 Å². The number of carboxylic acid groups (broad SMARTS) is 1. The van der Waals surface area contributed by atoms with Crippen molar-refractivity contribution in [2.75, 3.05) is 41.0 Å². The van der Waals surface area contributed by atoms with Gasteiger partial charge >= 0.3 is 17.9 Å². The monoisotopic (exact) mass is 963 g/mol. The van der Waals surface area contributed by atoms with Crippen LogP contribution in [0.1, 0.15) is 219 Å². The Kier molecular flexibility index (Phi) is 47.9. The molecule has 0 fully saturated rings. The van der Waals surface area contributed by atoms with E-state index in [0.29, 0.717) is 19.3 Å². The maximum Gasteiger partial charge on any atom is 0.362 e. The van der Waals surface area contributed by atoms with Crippen molar-refractivity contribution in [3.8, 4) is 0 Å². The van der Waals surface area contributed by atoms with Gasteiger partial charge in [-0.3, -0.25) is 9.59 Å². The number of likely N-dealkylation sites (N-methyl/N-ethyl adjacent to an activating group) is 1. The zero-order valence-electron chi connectivity index (χ0n) is 45.0. The summed E-state index contributed by atoms with van der Waals surface area (Å²) in [5, 5.41) is 9.67. The van der Waals surface area contributed by atoms with E-state index in [1.54, 1.807) is 0 Å². The number of carbonyl (C=O) groups is 3. The van der Waals surface area contributed by atoms with E-state index in [9.17, 15) is 19.5 Å². The van der Waals surface area contributed by atoms with Crippen LogP contribution in [0.15, 0.2) is 97.2 Å². The van der Waals surface area contributed by atoms with Gasteiger partial charge in [-0.2, -0.15) is 0 Å². The average molecular weight is 964 g/mol. The maximum atomic E-state index is 12.8. The molecule has 0 radical (unpaired) electrons. The first-order valence-corrected chi connectivity index (χ1v) is 27.8. The summed E-state index contributed by atoms with van der Waals surface area (Å²) < 4.78 is 17.3. The topological polar surface area (TPSA) is 99.1 Å². The van der Waals surface area contributed by atoms with Crippen molar-refractivity contribution in [1.82, 2.24) is 0 Å². The first kappa shape index (κ1) is 65.2. The number of nitrogens with zero attached hydrogens (tertiary/aromatic N) is 1. The van der Waals surface area contributed by atoms with Crippen molar-refractivity contribution in [2.24, 2.45) is 0 Å². The van der Waals surface area contributed by atoms with E-state index >= 15 is 0 Å². The summed E-state index contributed by atoms with van der Waals surface area (Å²) in [7, 11) is 5.51. The van der Waals surface area contributed by atoms with Gasteiger partial charge in [0.25, 0.3) is 0 Å². The number of carbonyl (C=O) groups excluding carboxylic acids is 2. The minimum Gasteiger partial charge on any atom is -0.477 e. The van der Waals surface area contributed by atoms with Crippen LogP contribution in [0.5, 0.6) is 0 Å². The zero-order valence-corrected chi connectivity index (χ0v) is 45.0. The molecule has 0 saturated carbocycles. The number of hydrogen-bond acceptors (Lipinski definition) is 6. The van der Waals surface area contributed by atoms with Crippen molar-refractivity contribution in [1.29, 1.82) is 0 Å². The highest BCUT2D eigenvalue weighted by molar-refractivity contribution is 5.72. The SMILES string of the molecule is CC/C=C/C/C=C/C/C=C/C/C=C/C/C=C/C/C=C/C/C=C/CCCC(=O)OCC(COCCC(C(=O)O)[N+](C)(C)C)OC(=O)CCCCCCCCC/C=C/CCCCCCCCCCCCC. The van der Waals surface area contributed by atoms with Gasteiger partial charge in [0.05, 0.1) is 34.4 Å². The molecule has 2 atom stereocenters. The first-order chi connectivity index (χ1) is 33.6. The van der Waals surface area contributed by atoms with Crippen LogP contribution >= 0.6 is 0 Å². The molecule has 69 heavy (non-hydrogen) atoms. The summed E-state index contributed by atoms with van der Waals surface area (Å²) in [6.45, 7) is 4.57. The van der Waals surface area contributed by atoms with Crippen LogP contribution in [0.2, 0.25) is 0 Å². The lowest BCUT2D eigenvalue weighted by atomic mass is 10.0. The Morgan fingerprint density at radius 3 is 1.26 bits per heavy atom. The van der Waals surface area contributed by atoms with Crippen molar-refractivity contribution >= 4 is 17.9 Å². The number of rotatable bonds is 49. The highest BCUT2D eigenvalue weighted by atomic mass is 16.6. The van der Waals surface area contributed by atoms with Gasteiger partial charge in [0.1, 0.15) is 6.61 Å². The molecule has 394 valence electrons. The largest absolute Gasteiger partial charge is 0.477 e. The summed E-state index contributed by atoms with van der Waals surface area (Å²) in [5.74, 6) is -1.55. The Bertz CT molecular complexity index is 1450. The van der Waals surface area contributed by atoms with E-state index in [1.165, 1.54) is 109 Å². The molecule has 8 heteroatoms. The fourth-order valence-electron chi connectivity index (χ4n) is 7.72. The van der Waals surface area contributed by atoms with E-state index in [1.807, 2.05) is 21.1 Å². The van der Waals surface area contributed by atoms with Gasteiger partial charge < -0.3 is 23.8 Å². The molecule has 8 nitrogen and oxygen atoms in total. The predicted octanol–water partition coefficient (Wildman–Crippen LogP) is 16.6. The summed E-state index contributed by atoms with van der Waals surface area (Å²) in [4.78, 5) is 37.2. The molecular weight excluding hydrogens is 859 g/mol. The minimum atomic E-state index is -0.885. The van der Waals surface area contributed by atoms with E-state index in [-0.39, 0.29) is 42.7 Å². The Balaban J connectivity index is 4.32. The number of hydrogen-bond donors (Lipinski definition) is 1. The van der Waals surface area contributed by atoms with Crippen LogP contribution in [0.25, 0.3) is 0 Å². The number of aliphatic carboxylic acids is 1. The predicted molar refractivity (Wildman–Crippen MR) is 293 cm³/mol. The van der Waals surface area contributed by atoms with Crippen LogP contribution in [0.3, 0.4) is 0 Å². The highest BCUT2D eigenvalue weighted by Gasteiger charge is 2.31. The first-order valence-electron chi connectivity index (χ1n) is 27.8. The number of allylic oxidation sites excluding steroid dienone is 16. The van der Waals surface area contributed by atoms with Gasteiger partial charge in [0.15, 0.2) is 12.1 Å². The van der Waals surface area contributed by atoms with Gasteiger partial charge in [-0.05, 0) is 89.9 Å². The fourth-order valence-corrected chi connectivity index (χ4v) is 7.72. The van der Waals surface area contributed by atoms with E-state index in [2.05, 4.69) is 111 Å². The lowest BCUT2D eigenvalue weighted by Crippen LogP contribution is -2.50. The lowest BCUT2D eigenvalue weighted by molar-refractivity contribution is -0.887. The van der Waals surface area contributed by atoms with Gasteiger partial charge in [-0.25, -0.2) is 4.79 Å².